The van der Waals surface area contributed by atoms with Gasteiger partial charge in [0.25, 0.3) is 0 Å². The maximum absolute atomic E-state index is 9.40. The monoisotopic (exact) mass is 249 g/mol. The highest BCUT2D eigenvalue weighted by Gasteiger charge is 2.42. The third-order valence-electron chi connectivity index (χ3n) is 4.40. The Morgan fingerprint density at radius 2 is 2.28 bits per heavy atom. The van der Waals surface area contributed by atoms with Gasteiger partial charge in [-0.3, -0.25) is 0 Å². The fourth-order valence-electron chi connectivity index (χ4n) is 3.28. The second-order valence-corrected chi connectivity index (χ2v) is 5.17. The molecule has 0 radical (unpaired) electrons. The molecule has 1 aliphatic rings. The van der Waals surface area contributed by atoms with Gasteiger partial charge in [0.05, 0.1) is 7.11 Å². The summed E-state index contributed by atoms with van der Waals surface area (Å²) in [7, 11) is 1.68. The third kappa shape index (κ3) is 2.02. The zero-order valence-corrected chi connectivity index (χ0v) is 11.3. The number of methoxy groups -OCH3 is 1. The molecule has 18 heavy (non-hydrogen) atoms. The summed E-state index contributed by atoms with van der Waals surface area (Å²) < 4.78 is 5.32. The molecule has 2 rings (SSSR count). The number of fused-ring (bicyclic) bond motifs is 1. The van der Waals surface area contributed by atoms with E-state index in [-0.39, 0.29) is 18.1 Å². The first-order valence-corrected chi connectivity index (χ1v) is 6.71. The molecule has 0 bridgehead atoms. The lowest BCUT2D eigenvalue weighted by Gasteiger charge is -2.36. The molecule has 2 unspecified atom stereocenters. The van der Waals surface area contributed by atoms with Gasteiger partial charge in [-0.1, -0.05) is 13.0 Å². The Kier molecular flexibility index (Phi) is 3.93. The van der Waals surface area contributed by atoms with Gasteiger partial charge in [0.2, 0.25) is 0 Å². The number of rotatable bonds is 5. The number of aliphatic hydroxyl groups is 1. The number of aryl methyl sites for hydroxylation is 1. The summed E-state index contributed by atoms with van der Waals surface area (Å²) in [6.45, 7) is 2.30. The minimum absolute atomic E-state index is 0.0760. The van der Waals surface area contributed by atoms with E-state index in [1.165, 1.54) is 11.1 Å². The molecule has 3 nitrogen and oxygen atoms in total. The molecule has 0 aliphatic heterocycles. The van der Waals surface area contributed by atoms with Gasteiger partial charge in [0.1, 0.15) is 5.75 Å². The second kappa shape index (κ2) is 5.29. The lowest BCUT2D eigenvalue weighted by Crippen LogP contribution is -2.44. The molecule has 100 valence electrons. The molecule has 1 aliphatic carbocycles. The molecule has 1 aromatic rings. The van der Waals surface area contributed by atoms with Crippen LogP contribution in [0.25, 0.3) is 0 Å². The van der Waals surface area contributed by atoms with Crippen molar-refractivity contribution in [1.29, 1.82) is 0 Å². The van der Waals surface area contributed by atoms with Gasteiger partial charge in [-0.05, 0) is 48.9 Å². The van der Waals surface area contributed by atoms with Crippen LogP contribution in [-0.2, 0) is 11.8 Å². The zero-order valence-electron chi connectivity index (χ0n) is 11.3. The summed E-state index contributed by atoms with van der Waals surface area (Å²) in [6, 6.07) is 6.34. The molecule has 3 heteroatoms. The molecule has 0 fully saturated rings. The van der Waals surface area contributed by atoms with Crippen LogP contribution < -0.4 is 10.5 Å². The molecular formula is C15H23NO2. The normalized spacial score (nSPS) is 23.8. The summed E-state index contributed by atoms with van der Waals surface area (Å²) in [5, 5.41) is 9.40. The maximum Gasteiger partial charge on any atom is 0.119 e. The van der Waals surface area contributed by atoms with E-state index in [9.17, 15) is 5.11 Å². The zero-order chi connectivity index (χ0) is 13.2. The standard InChI is InChI=1S/C15H23NO2/c1-3-14(16)15(8-9-17)7-6-11-4-5-12(18-2)10-13(11)15/h4-5,10,14,17H,3,6-9,16H2,1-2H3. The molecule has 3 N–H and O–H groups in total. The van der Waals surface area contributed by atoms with Crippen molar-refractivity contribution in [3.63, 3.8) is 0 Å². The Hall–Kier alpha value is -1.06. The largest absolute Gasteiger partial charge is 0.497 e. The molecule has 1 aromatic carbocycles. The van der Waals surface area contributed by atoms with Crippen LogP contribution in [0.1, 0.15) is 37.3 Å². The molecule has 0 saturated carbocycles. The molecule has 0 amide bonds. The van der Waals surface area contributed by atoms with Crippen molar-refractivity contribution < 1.29 is 9.84 Å². The van der Waals surface area contributed by atoms with Crippen molar-refractivity contribution >= 4 is 0 Å². The van der Waals surface area contributed by atoms with Crippen molar-refractivity contribution in [3.8, 4) is 5.75 Å². The predicted octanol–water partition coefficient (Wildman–Crippen LogP) is 2.00. The van der Waals surface area contributed by atoms with Crippen LogP contribution in [0.15, 0.2) is 18.2 Å². The van der Waals surface area contributed by atoms with Gasteiger partial charge < -0.3 is 15.6 Å². The van der Waals surface area contributed by atoms with E-state index in [1.807, 2.05) is 6.07 Å². The van der Waals surface area contributed by atoms with Crippen molar-refractivity contribution in [2.45, 2.75) is 44.1 Å². The summed E-state index contributed by atoms with van der Waals surface area (Å²) in [6.07, 6.45) is 3.75. The fourth-order valence-corrected chi connectivity index (χ4v) is 3.28. The van der Waals surface area contributed by atoms with E-state index in [2.05, 4.69) is 19.1 Å². The highest BCUT2D eigenvalue weighted by Crippen LogP contribution is 2.45. The van der Waals surface area contributed by atoms with Crippen LogP contribution in [0.3, 0.4) is 0 Å². The minimum atomic E-state index is -0.0760. The number of nitrogens with two attached hydrogens (primary N) is 1. The van der Waals surface area contributed by atoms with E-state index in [4.69, 9.17) is 10.5 Å². The molecular weight excluding hydrogens is 226 g/mol. The van der Waals surface area contributed by atoms with Gasteiger partial charge in [-0.15, -0.1) is 0 Å². The topological polar surface area (TPSA) is 55.5 Å². The Morgan fingerprint density at radius 3 is 2.89 bits per heavy atom. The van der Waals surface area contributed by atoms with E-state index in [0.29, 0.717) is 0 Å². The van der Waals surface area contributed by atoms with Gasteiger partial charge in [0.15, 0.2) is 0 Å². The predicted molar refractivity (Wildman–Crippen MR) is 73.0 cm³/mol. The summed E-state index contributed by atoms with van der Waals surface area (Å²) in [5.74, 6) is 0.876. The summed E-state index contributed by atoms with van der Waals surface area (Å²) in [5.41, 5.74) is 8.92. The van der Waals surface area contributed by atoms with E-state index in [0.717, 1.165) is 31.4 Å². The van der Waals surface area contributed by atoms with Gasteiger partial charge >= 0.3 is 0 Å². The lowest BCUT2D eigenvalue weighted by atomic mass is 9.72. The van der Waals surface area contributed by atoms with Crippen LogP contribution in [0.2, 0.25) is 0 Å². The van der Waals surface area contributed by atoms with Crippen molar-refractivity contribution in [1.82, 2.24) is 0 Å². The second-order valence-electron chi connectivity index (χ2n) is 5.17. The first kappa shape index (κ1) is 13.4. The van der Waals surface area contributed by atoms with Crippen LogP contribution in [0.5, 0.6) is 5.75 Å². The first-order valence-electron chi connectivity index (χ1n) is 6.71. The summed E-state index contributed by atoms with van der Waals surface area (Å²) in [4.78, 5) is 0. The average Bonchev–Trinajstić information content (AvgIpc) is 2.77. The SMILES string of the molecule is CCC(N)C1(CCO)CCc2ccc(OC)cc21. The smallest absolute Gasteiger partial charge is 0.119 e. The Balaban J connectivity index is 2.47. The number of benzene rings is 1. The van der Waals surface area contributed by atoms with Gasteiger partial charge in [-0.2, -0.15) is 0 Å². The van der Waals surface area contributed by atoms with Crippen LogP contribution in [-0.4, -0.2) is 24.9 Å². The number of hydrogen-bond acceptors (Lipinski definition) is 3. The lowest BCUT2D eigenvalue weighted by molar-refractivity contribution is 0.210. The van der Waals surface area contributed by atoms with Gasteiger partial charge in [-0.25, -0.2) is 0 Å². The van der Waals surface area contributed by atoms with E-state index < -0.39 is 0 Å². The van der Waals surface area contributed by atoms with E-state index >= 15 is 0 Å². The molecule has 0 saturated heterocycles. The van der Waals surface area contributed by atoms with Crippen LogP contribution >= 0.6 is 0 Å². The molecule has 2 atom stereocenters. The third-order valence-corrected chi connectivity index (χ3v) is 4.40. The molecule has 0 aromatic heterocycles. The quantitative estimate of drug-likeness (QED) is 0.839. The molecule has 0 spiro atoms. The Morgan fingerprint density at radius 1 is 1.50 bits per heavy atom. The Bertz CT molecular complexity index is 415. The van der Waals surface area contributed by atoms with Crippen LogP contribution in [0, 0.1) is 0 Å². The summed E-state index contributed by atoms with van der Waals surface area (Å²) >= 11 is 0. The highest BCUT2D eigenvalue weighted by molar-refractivity contribution is 5.45. The number of hydrogen-bond donors (Lipinski definition) is 2. The number of aliphatic hydroxyl groups excluding tert-OH is 1. The minimum Gasteiger partial charge on any atom is -0.497 e. The van der Waals surface area contributed by atoms with Crippen molar-refractivity contribution in [2.75, 3.05) is 13.7 Å². The van der Waals surface area contributed by atoms with E-state index in [1.54, 1.807) is 7.11 Å². The maximum atomic E-state index is 9.40. The number of ether oxygens (including phenoxy) is 1. The fraction of sp³-hybridized carbons (Fsp3) is 0.600. The first-order chi connectivity index (χ1) is 8.67. The average molecular weight is 249 g/mol. The molecule has 0 heterocycles. The van der Waals surface area contributed by atoms with Crippen molar-refractivity contribution in [3.05, 3.63) is 29.3 Å². The highest BCUT2D eigenvalue weighted by atomic mass is 16.5. The van der Waals surface area contributed by atoms with Crippen LogP contribution in [0.4, 0.5) is 0 Å². The Labute approximate surface area is 109 Å². The van der Waals surface area contributed by atoms with Gasteiger partial charge in [0, 0.05) is 18.1 Å². The van der Waals surface area contributed by atoms with Crippen molar-refractivity contribution in [2.24, 2.45) is 5.73 Å².